The summed E-state index contributed by atoms with van der Waals surface area (Å²) < 4.78 is 1.01. The molecular weight excluding hydrogens is 1320 g/mol. The zero-order valence-electron chi connectivity index (χ0n) is 46.4. The quantitative estimate of drug-likeness (QED) is 0.0292. The molecule has 0 aliphatic carbocycles. The van der Waals surface area contributed by atoms with Crippen molar-refractivity contribution in [2.24, 2.45) is 0 Å². The monoisotopic (exact) mass is 1370 g/mol. The smallest absolute Gasteiger partial charge is 0.232 e. The van der Waals surface area contributed by atoms with Crippen LogP contribution in [0.5, 0.6) is 0 Å². The van der Waals surface area contributed by atoms with E-state index in [0.29, 0.717) is 57.8 Å². The Hall–Kier alpha value is -9.45. The van der Waals surface area contributed by atoms with Crippen molar-refractivity contribution < 1.29 is 0 Å². The molecule has 0 aliphatic heterocycles. The first kappa shape index (κ1) is 60.2. The number of halogens is 2. The van der Waals surface area contributed by atoms with Crippen LogP contribution in [0.15, 0.2) is 208 Å². The van der Waals surface area contributed by atoms with Crippen LogP contribution in [0, 0.1) is 17.4 Å². The maximum Gasteiger partial charge on any atom is 0.232 e. The van der Waals surface area contributed by atoms with Gasteiger partial charge in [-0.15, -0.1) is 0 Å². The Balaban J connectivity index is 0.000000182. The molecule has 0 saturated heterocycles. The van der Waals surface area contributed by atoms with E-state index in [2.05, 4.69) is 109 Å². The maximum absolute atomic E-state index is 6.05. The highest BCUT2D eigenvalue weighted by Gasteiger charge is 2.17. The number of nitrogens with zero attached hydrogens (tertiary/aromatic N) is 13. The van der Waals surface area contributed by atoms with E-state index in [1.807, 2.05) is 184 Å². The minimum absolute atomic E-state index is 0.0989. The van der Waals surface area contributed by atoms with Crippen molar-refractivity contribution in [2.75, 3.05) is 44.2 Å². The summed E-state index contributed by atoms with van der Waals surface area (Å²) in [6, 6.07) is 58.5. The van der Waals surface area contributed by atoms with Gasteiger partial charge >= 0.3 is 0 Å². The van der Waals surface area contributed by atoms with Crippen molar-refractivity contribution in [2.45, 2.75) is 33.4 Å². The van der Waals surface area contributed by atoms with Gasteiger partial charge in [-0.2, -0.15) is 59.8 Å². The van der Waals surface area contributed by atoms with E-state index in [4.69, 9.17) is 34.5 Å². The third kappa shape index (κ3) is 16.1. The molecule has 5 aromatic heterocycles. The van der Waals surface area contributed by atoms with Crippen LogP contribution in [-0.4, -0.2) is 64.8 Å². The van der Waals surface area contributed by atoms with Crippen LogP contribution < -0.4 is 44.2 Å². The first-order valence-corrected chi connectivity index (χ1v) is 32.3. The van der Waals surface area contributed by atoms with Crippen LogP contribution in [0.1, 0.15) is 11.1 Å². The number of pyridine rings is 1. The van der Waals surface area contributed by atoms with E-state index in [1.165, 1.54) is 0 Å². The lowest BCUT2D eigenvalue weighted by molar-refractivity contribution is 1.06. The van der Waals surface area contributed by atoms with Gasteiger partial charge in [0.2, 0.25) is 47.6 Å². The molecule has 12 aromatic rings. The highest BCUT2D eigenvalue weighted by atomic mass is 127. The van der Waals surface area contributed by atoms with Crippen LogP contribution in [0.2, 0.25) is 5.02 Å². The van der Waals surface area contributed by atoms with Gasteiger partial charge in [-0.25, -0.2) is 0 Å². The first-order chi connectivity index (χ1) is 42.8. The summed E-state index contributed by atoms with van der Waals surface area (Å²) in [5.41, 5.74) is 32.8. The number of para-hydroxylation sites is 4. The van der Waals surface area contributed by atoms with E-state index < -0.39 is 0 Å². The molecule has 0 saturated carbocycles. The number of rotatable bonds is 18. The third-order valence-electron chi connectivity index (χ3n) is 12.3. The number of hydrogen-bond donors (Lipinski definition) is 8. The minimum Gasteiger partial charge on any atom is -0.368 e. The van der Waals surface area contributed by atoms with Crippen molar-refractivity contribution in [1.82, 2.24) is 64.8 Å². The van der Waals surface area contributed by atoms with Gasteiger partial charge in [0.25, 0.3) is 0 Å². The molecule has 21 nitrogen and oxygen atoms in total. The molecule has 0 amide bonds. The second-order valence-corrected chi connectivity index (χ2v) is 24.9. The predicted octanol–water partition coefficient (Wildman–Crippen LogP) is 15.0. The molecule has 27 heteroatoms. The van der Waals surface area contributed by atoms with Crippen LogP contribution >= 0.6 is 77.4 Å². The molecule has 5 heterocycles. The van der Waals surface area contributed by atoms with Gasteiger partial charge in [0.1, 0.15) is 5.69 Å². The second-order valence-electron chi connectivity index (χ2n) is 18.8. The third-order valence-corrected chi connectivity index (χ3v) is 18.1. The Bertz CT molecular complexity index is 3850. The molecule has 88 heavy (non-hydrogen) atoms. The van der Waals surface area contributed by atoms with Crippen LogP contribution in [0.4, 0.5) is 70.3 Å². The molecule has 436 valence electrons. The maximum atomic E-state index is 6.05. The van der Waals surface area contributed by atoms with Crippen LogP contribution in [-0.2, 0) is 0 Å². The van der Waals surface area contributed by atoms with E-state index in [9.17, 15) is 0 Å². The Morgan fingerprint density at radius 2 is 0.636 bits per heavy atom. The highest BCUT2D eigenvalue weighted by Crippen LogP contribution is 2.46. The average Bonchev–Trinajstić information content (AvgIpc) is 3.03. The van der Waals surface area contributed by atoms with Crippen molar-refractivity contribution in [3.8, 4) is 45.7 Å². The highest BCUT2D eigenvalue weighted by molar-refractivity contribution is 14.1. The predicted molar refractivity (Wildman–Crippen MR) is 366 cm³/mol. The topological polar surface area (TPSA) is 320 Å². The summed E-state index contributed by atoms with van der Waals surface area (Å²) >= 11 is 8.24. The molecular formula is C61H49ClIN21S4. The van der Waals surface area contributed by atoms with Gasteiger partial charge in [-0.1, -0.05) is 163 Å². The fourth-order valence-corrected chi connectivity index (χ4v) is 13.0. The molecule has 0 unspecified atom stereocenters. The van der Waals surface area contributed by atoms with E-state index in [0.717, 1.165) is 73.7 Å². The molecule has 0 spiro atoms. The lowest BCUT2D eigenvalue weighted by Crippen LogP contribution is -2.06. The summed E-state index contributed by atoms with van der Waals surface area (Å²) in [6.07, 6.45) is 1.75. The zero-order valence-corrected chi connectivity index (χ0v) is 52.6. The zero-order chi connectivity index (χ0) is 60.9. The van der Waals surface area contributed by atoms with Crippen molar-refractivity contribution in [3.05, 3.63) is 208 Å². The number of nitrogens with two attached hydrogens (primary N) is 4. The minimum atomic E-state index is 0.0989. The molecule has 0 atom stereocenters. The summed E-state index contributed by atoms with van der Waals surface area (Å²) in [6.45, 7) is 4.06. The first-order valence-electron chi connectivity index (χ1n) is 26.5. The lowest BCUT2D eigenvalue weighted by Gasteiger charge is -2.13. The van der Waals surface area contributed by atoms with Crippen LogP contribution in [0.3, 0.4) is 0 Å². The number of nitrogens with one attached hydrogen (secondary N) is 4. The molecule has 7 aromatic carbocycles. The standard InChI is InChI=1S/C31H25ClN10S2.C30H24IN11S2/c1-18-10-12-19(13-11-18)26-37-28(33)41-30(39-26)35-22-6-2-4-8-24(22)43-44-25-9-5-3-7-23(25)36-31-40-27(38-29(34)42-31)20-14-16-21(32)17-15-20;1-17-10-12-18(13-11-17)25-37-27(32)41-29(39-25)35-20-6-2-4-8-23(20)43-44-24-9-5-3-7-21(24)36-30-40-26(38-28(33)42-30)22-15-14-19(31)16-34-22/h2-17H,1H3,(H3,33,35,37,39,41)(H3,34,36,38,40,42);2-16H,1H3,(H3,32,35,37,39,41)(H3,33,36,38,40,42). The Labute approximate surface area is 539 Å². The average molecular weight is 1370 g/mol. The van der Waals surface area contributed by atoms with Gasteiger partial charge in [0, 0.05) is 51.1 Å². The molecule has 12 rings (SSSR count). The summed E-state index contributed by atoms with van der Waals surface area (Å²) in [5.74, 6) is 3.69. The van der Waals surface area contributed by atoms with Crippen molar-refractivity contribution in [3.63, 3.8) is 0 Å². The van der Waals surface area contributed by atoms with Gasteiger partial charge in [0.05, 0.1) is 22.7 Å². The molecule has 0 bridgehead atoms. The molecule has 0 radical (unpaired) electrons. The summed E-state index contributed by atoms with van der Waals surface area (Å²) in [7, 11) is 6.30. The Kier molecular flexibility index (Phi) is 19.4. The number of aryl methyl sites for hydroxylation is 2. The fourth-order valence-electron chi connectivity index (χ4n) is 8.04. The molecule has 0 aliphatic rings. The normalized spacial score (nSPS) is 10.9. The number of aromatic nitrogens is 13. The molecule has 0 fully saturated rings. The number of hydrogen-bond acceptors (Lipinski definition) is 25. The fraction of sp³-hybridized carbons (Fsp3) is 0.0328. The molecule has 12 N–H and O–H groups in total. The summed E-state index contributed by atoms with van der Waals surface area (Å²) in [5, 5.41) is 13.9. The van der Waals surface area contributed by atoms with Crippen LogP contribution in [0.25, 0.3) is 45.7 Å². The van der Waals surface area contributed by atoms with E-state index >= 15 is 0 Å². The van der Waals surface area contributed by atoms with Gasteiger partial charge in [0.15, 0.2) is 23.3 Å². The Morgan fingerprint density at radius 1 is 0.341 bits per heavy atom. The van der Waals surface area contributed by atoms with Gasteiger partial charge in [-0.3, -0.25) is 4.98 Å². The van der Waals surface area contributed by atoms with Gasteiger partial charge < -0.3 is 44.2 Å². The number of nitrogen functional groups attached to an aromatic ring is 4. The SMILES string of the molecule is Cc1ccc(-c2nc(N)nc(Nc3ccccc3SSc3ccccc3Nc3nc(N)nc(-c4ccc(Cl)cc4)n3)n2)cc1.Cc1ccc(-c2nc(N)nc(Nc3ccccc3SSc3ccccc3Nc3nc(N)nc(-c4ccc(I)cn4)n3)n2)cc1. The number of benzene rings is 7. The Morgan fingerprint density at radius 3 is 0.955 bits per heavy atom. The largest absolute Gasteiger partial charge is 0.368 e. The summed E-state index contributed by atoms with van der Waals surface area (Å²) in [4.78, 5) is 61.1. The van der Waals surface area contributed by atoms with E-state index in [-0.39, 0.29) is 23.8 Å². The van der Waals surface area contributed by atoms with E-state index in [1.54, 1.807) is 61.5 Å². The van der Waals surface area contributed by atoms with Crippen molar-refractivity contribution in [1.29, 1.82) is 0 Å². The lowest BCUT2D eigenvalue weighted by atomic mass is 10.1. The second kappa shape index (κ2) is 28.4. The van der Waals surface area contributed by atoms with Gasteiger partial charge in [-0.05, 0) is 121 Å². The van der Waals surface area contributed by atoms with Crippen molar-refractivity contribution >= 4 is 148 Å². The number of anilines is 12.